The van der Waals surface area contributed by atoms with Gasteiger partial charge in [-0.25, -0.2) is 4.98 Å². The number of hydrogen-bond acceptors (Lipinski definition) is 3. The van der Waals surface area contributed by atoms with E-state index >= 15 is 0 Å². The molecule has 126 valence electrons. The lowest BCUT2D eigenvalue weighted by molar-refractivity contribution is 0.0952. The minimum atomic E-state index is 0.0375. The van der Waals surface area contributed by atoms with E-state index < -0.39 is 0 Å². The molecule has 1 aromatic heterocycles. The number of nitrogens with zero attached hydrogens (tertiary/aromatic N) is 2. The molecular formula is C20H25N3O. The second kappa shape index (κ2) is 6.08. The van der Waals surface area contributed by atoms with E-state index in [-0.39, 0.29) is 5.91 Å². The highest BCUT2D eigenvalue weighted by Gasteiger charge is 2.27. The maximum atomic E-state index is 12.7. The topological polar surface area (TPSA) is 45.2 Å². The van der Waals surface area contributed by atoms with Crippen LogP contribution in [0.5, 0.6) is 0 Å². The van der Waals surface area contributed by atoms with E-state index in [4.69, 9.17) is 4.98 Å². The standard InChI is InChI=1S/C20H25N3O/c1-13-9-14(2)12-23(11-13)19-10-17(20(24)21-15-7-8-15)16-5-3-4-6-18(16)22-19/h3-6,10,13-15H,7-9,11-12H2,1-2H3,(H,21,24). The van der Waals surface area contributed by atoms with E-state index in [1.165, 1.54) is 6.42 Å². The summed E-state index contributed by atoms with van der Waals surface area (Å²) in [6.45, 7) is 6.62. The lowest BCUT2D eigenvalue weighted by atomic mass is 9.92. The first-order valence-corrected chi connectivity index (χ1v) is 9.05. The van der Waals surface area contributed by atoms with Crippen molar-refractivity contribution in [3.8, 4) is 0 Å². The van der Waals surface area contributed by atoms with Gasteiger partial charge in [0, 0.05) is 24.5 Å². The molecule has 0 radical (unpaired) electrons. The summed E-state index contributed by atoms with van der Waals surface area (Å²) in [5.74, 6) is 2.29. The molecule has 1 saturated carbocycles. The number of piperidine rings is 1. The highest BCUT2D eigenvalue weighted by Crippen LogP contribution is 2.29. The largest absolute Gasteiger partial charge is 0.356 e. The number of rotatable bonds is 3. The molecule has 2 fully saturated rings. The molecule has 1 aliphatic heterocycles. The zero-order chi connectivity index (χ0) is 16.7. The third kappa shape index (κ3) is 3.10. The molecule has 0 spiro atoms. The third-order valence-corrected chi connectivity index (χ3v) is 5.05. The minimum absolute atomic E-state index is 0.0375. The van der Waals surface area contributed by atoms with Crippen LogP contribution in [-0.4, -0.2) is 30.0 Å². The Morgan fingerprint density at radius 2 is 1.88 bits per heavy atom. The van der Waals surface area contributed by atoms with Gasteiger partial charge in [0.1, 0.15) is 5.82 Å². The average molecular weight is 323 g/mol. The maximum absolute atomic E-state index is 12.7. The number of amides is 1. The molecule has 24 heavy (non-hydrogen) atoms. The monoisotopic (exact) mass is 323 g/mol. The van der Waals surface area contributed by atoms with Gasteiger partial charge >= 0.3 is 0 Å². The number of aromatic nitrogens is 1. The minimum Gasteiger partial charge on any atom is -0.356 e. The summed E-state index contributed by atoms with van der Waals surface area (Å²) in [5, 5.41) is 4.07. The molecule has 0 bridgehead atoms. The Labute approximate surface area is 143 Å². The molecule has 2 atom stereocenters. The summed E-state index contributed by atoms with van der Waals surface area (Å²) < 4.78 is 0. The number of carbonyl (C=O) groups excluding carboxylic acids is 1. The molecule has 2 aromatic rings. The number of fused-ring (bicyclic) bond motifs is 1. The summed E-state index contributed by atoms with van der Waals surface area (Å²) in [4.78, 5) is 19.9. The third-order valence-electron chi connectivity index (χ3n) is 5.05. The second-order valence-electron chi connectivity index (χ2n) is 7.64. The van der Waals surface area contributed by atoms with Gasteiger partial charge < -0.3 is 10.2 Å². The number of para-hydroxylation sites is 1. The van der Waals surface area contributed by atoms with Crippen LogP contribution in [0.2, 0.25) is 0 Å². The van der Waals surface area contributed by atoms with Gasteiger partial charge in [0.05, 0.1) is 11.1 Å². The highest BCUT2D eigenvalue weighted by molar-refractivity contribution is 6.07. The van der Waals surface area contributed by atoms with Crippen LogP contribution in [0.3, 0.4) is 0 Å². The number of anilines is 1. The number of benzene rings is 1. The predicted octanol–water partition coefficient (Wildman–Crippen LogP) is 3.61. The number of nitrogens with one attached hydrogen (secondary N) is 1. The van der Waals surface area contributed by atoms with Gasteiger partial charge in [0.15, 0.2) is 0 Å². The molecule has 1 saturated heterocycles. The summed E-state index contributed by atoms with van der Waals surface area (Å²) in [6, 6.07) is 10.3. The van der Waals surface area contributed by atoms with Crippen molar-refractivity contribution in [2.24, 2.45) is 11.8 Å². The van der Waals surface area contributed by atoms with Crippen molar-refractivity contribution in [2.45, 2.75) is 39.2 Å². The van der Waals surface area contributed by atoms with Crippen molar-refractivity contribution in [3.05, 3.63) is 35.9 Å². The molecular weight excluding hydrogens is 298 g/mol. The van der Waals surface area contributed by atoms with Gasteiger partial charge in [-0.3, -0.25) is 4.79 Å². The first kappa shape index (κ1) is 15.4. The summed E-state index contributed by atoms with van der Waals surface area (Å²) >= 11 is 0. The van der Waals surface area contributed by atoms with Crippen molar-refractivity contribution in [3.63, 3.8) is 0 Å². The quantitative estimate of drug-likeness (QED) is 0.938. The number of carbonyl (C=O) groups is 1. The predicted molar refractivity (Wildman–Crippen MR) is 97.4 cm³/mol. The van der Waals surface area contributed by atoms with Gasteiger partial charge in [-0.2, -0.15) is 0 Å². The first-order valence-electron chi connectivity index (χ1n) is 9.05. The van der Waals surface area contributed by atoms with Crippen molar-refractivity contribution in [1.29, 1.82) is 0 Å². The Kier molecular flexibility index (Phi) is 3.91. The fourth-order valence-corrected chi connectivity index (χ4v) is 3.85. The Hall–Kier alpha value is -2.10. The SMILES string of the molecule is CC1CC(C)CN(c2cc(C(=O)NC3CC3)c3ccccc3n2)C1. The van der Waals surface area contributed by atoms with Crippen LogP contribution in [0, 0.1) is 11.8 Å². The fraction of sp³-hybridized carbons (Fsp3) is 0.500. The smallest absolute Gasteiger partial charge is 0.252 e. The zero-order valence-electron chi connectivity index (χ0n) is 14.5. The van der Waals surface area contributed by atoms with Gasteiger partial charge in [-0.05, 0) is 43.2 Å². The van der Waals surface area contributed by atoms with Crippen LogP contribution in [0.15, 0.2) is 30.3 Å². The number of pyridine rings is 1. The molecule has 2 unspecified atom stereocenters. The van der Waals surface area contributed by atoms with Crippen LogP contribution in [-0.2, 0) is 0 Å². The first-order chi connectivity index (χ1) is 11.6. The molecule has 2 heterocycles. The molecule has 4 nitrogen and oxygen atoms in total. The van der Waals surface area contributed by atoms with Crippen LogP contribution < -0.4 is 10.2 Å². The lowest BCUT2D eigenvalue weighted by Crippen LogP contribution is -2.39. The van der Waals surface area contributed by atoms with E-state index in [2.05, 4.69) is 24.1 Å². The molecule has 1 amide bonds. The van der Waals surface area contributed by atoms with E-state index in [9.17, 15) is 4.79 Å². The van der Waals surface area contributed by atoms with Crippen molar-refractivity contribution < 1.29 is 4.79 Å². The van der Waals surface area contributed by atoms with E-state index in [0.29, 0.717) is 17.9 Å². The molecule has 2 aliphatic rings. The van der Waals surface area contributed by atoms with E-state index in [0.717, 1.165) is 48.2 Å². The molecule has 4 rings (SSSR count). The normalized spacial score (nSPS) is 24.2. The van der Waals surface area contributed by atoms with Crippen molar-refractivity contribution in [2.75, 3.05) is 18.0 Å². The Morgan fingerprint density at radius 1 is 1.17 bits per heavy atom. The Morgan fingerprint density at radius 3 is 2.58 bits per heavy atom. The Balaban J connectivity index is 1.74. The van der Waals surface area contributed by atoms with Gasteiger partial charge in [0.2, 0.25) is 0 Å². The maximum Gasteiger partial charge on any atom is 0.252 e. The Bertz CT molecular complexity index is 759. The van der Waals surface area contributed by atoms with Crippen LogP contribution in [0.25, 0.3) is 10.9 Å². The average Bonchev–Trinajstić information content (AvgIpc) is 3.36. The molecule has 1 N–H and O–H groups in total. The van der Waals surface area contributed by atoms with Crippen LogP contribution >= 0.6 is 0 Å². The lowest BCUT2D eigenvalue weighted by Gasteiger charge is -2.36. The summed E-state index contributed by atoms with van der Waals surface area (Å²) in [7, 11) is 0. The van der Waals surface area contributed by atoms with Crippen molar-refractivity contribution in [1.82, 2.24) is 10.3 Å². The molecule has 1 aliphatic carbocycles. The van der Waals surface area contributed by atoms with E-state index in [1.54, 1.807) is 0 Å². The van der Waals surface area contributed by atoms with Crippen molar-refractivity contribution >= 4 is 22.6 Å². The fourth-order valence-electron chi connectivity index (χ4n) is 3.85. The van der Waals surface area contributed by atoms with Gasteiger partial charge in [-0.15, -0.1) is 0 Å². The second-order valence-corrected chi connectivity index (χ2v) is 7.64. The zero-order valence-corrected chi connectivity index (χ0v) is 14.5. The molecule has 1 aromatic carbocycles. The van der Waals surface area contributed by atoms with E-state index in [1.807, 2.05) is 30.3 Å². The highest BCUT2D eigenvalue weighted by atomic mass is 16.1. The number of hydrogen-bond donors (Lipinski definition) is 1. The summed E-state index contributed by atoms with van der Waals surface area (Å²) in [6.07, 6.45) is 3.46. The van der Waals surface area contributed by atoms with Crippen LogP contribution in [0.1, 0.15) is 43.5 Å². The van der Waals surface area contributed by atoms with Crippen LogP contribution in [0.4, 0.5) is 5.82 Å². The molecule has 4 heteroatoms. The summed E-state index contributed by atoms with van der Waals surface area (Å²) in [5.41, 5.74) is 1.66. The van der Waals surface area contributed by atoms with Gasteiger partial charge in [-0.1, -0.05) is 32.0 Å². The van der Waals surface area contributed by atoms with Gasteiger partial charge in [0.25, 0.3) is 5.91 Å².